The fourth-order valence-corrected chi connectivity index (χ4v) is 1.19. The van der Waals surface area contributed by atoms with Crippen LogP contribution in [0.15, 0.2) is 0 Å². The van der Waals surface area contributed by atoms with Crippen molar-refractivity contribution in [1.82, 2.24) is 0 Å². The molecule has 2 heteroatoms. The normalized spacial score (nSPS) is 12.2. The fraction of sp³-hybridized carbons (Fsp3) is 1.00. The Morgan fingerprint density at radius 2 is 1.58 bits per heavy atom. The van der Waals surface area contributed by atoms with E-state index in [0.29, 0.717) is 0 Å². The van der Waals surface area contributed by atoms with E-state index in [0.717, 1.165) is 12.8 Å². The Morgan fingerprint density at radius 1 is 1.00 bits per heavy atom. The van der Waals surface area contributed by atoms with Gasteiger partial charge in [0, 0.05) is 0 Å². The molecule has 0 aromatic heterocycles. The van der Waals surface area contributed by atoms with Crippen LogP contribution in [0.3, 0.4) is 0 Å². The summed E-state index contributed by atoms with van der Waals surface area (Å²) in [4.78, 5) is 0. The summed E-state index contributed by atoms with van der Waals surface area (Å²) in [5, 5.41) is 9.21. The van der Waals surface area contributed by atoms with E-state index in [1.54, 1.807) is 0 Å². The van der Waals surface area contributed by atoms with E-state index in [-0.39, 0.29) is 35.7 Å². The average molecular weight is 182 g/mol. The van der Waals surface area contributed by atoms with Gasteiger partial charge in [0.05, 0.1) is 6.10 Å². The summed E-state index contributed by atoms with van der Waals surface area (Å²) in [6.45, 7) is 4.26. The molecule has 1 unspecified atom stereocenters. The summed E-state index contributed by atoms with van der Waals surface area (Å²) in [6.07, 6.45) is 8.36. The van der Waals surface area contributed by atoms with Crippen LogP contribution in [0.2, 0.25) is 0 Å². The quantitative estimate of drug-likeness (QED) is 0.473. The van der Waals surface area contributed by atoms with Gasteiger partial charge in [-0.1, -0.05) is 46.0 Å². The molecule has 0 aliphatic heterocycles. The summed E-state index contributed by atoms with van der Waals surface area (Å²) in [7, 11) is 0. The van der Waals surface area contributed by atoms with Gasteiger partial charge in [0.1, 0.15) is 0 Å². The molecule has 0 aliphatic rings. The molecule has 0 saturated carbocycles. The van der Waals surface area contributed by atoms with Crippen molar-refractivity contribution in [3.8, 4) is 0 Å². The van der Waals surface area contributed by atoms with Crippen LogP contribution in [0.25, 0.3) is 0 Å². The van der Waals surface area contributed by atoms with Crippen molar-refractivity contribution in [2.45, 2.75) is 64.9 Å². The van der Waals surface area contributed by atoms with Crippen LogP contribution >= 0.6 is 0 Å². The number of hydrogen-bond acceptors (Lipinski definition) is 1. The predicted molar refractivity (Wildman–Crippen MR) is 56.8 cm³/mol. The molecule has 0 amide bonds. The predicted octanol–water partition coefficient (Wildman–Crippen LogP) is 2.47. The minimum atomic E-state index is -0.0448. The van der Waals surface area contributed by atoms with E-state index in [4.69, 9.17) is 0 Å². The number of rotatable bonds is 7. The Labute approximate surface area is 99.2 Å². The average Bonchev–Trinajstić information content (AvgIpc) is 2.04. The summed E-state index contributed by atoms with van der Waals surface area (Å²) in [5.41, 5.74) is 0. The van der Waals surface area contributed by atoms with Crippen molar-refractivity contribution in [3.05, 3.63) is 0 Å². The maximum absolute atomic E-state index is 9.21. The Morgan fingerprint density at radius 3 is 2.08 bits per heavy atom. The van der Waals surface area contributed by atoms with Crippen LogP contribution in [0.1, 0.15) is 58.8 Å². The molecule has 12 heavy (non-hydrogen) atoms. The van der Waals surface area contributed by atoms with Crippen LogP contribution in [-0.4, -0.2) is 40.8 Å². The zero-order valence-corrected chi connectivity index (χ0v) is 7.97. The summed E-state index contributed by atoms with van der Waals surface area (Å²) >= 11 is 0. The van der Waals surface area contributed by atoms with E-state index in [9.17, 15) is 5.11 Å². The van der Waals surface area contributed by atoms with Crippen LogP contribution in [0.5, 0.6) is 0 Å². The van der Waals surface area contributed by atoms with Gasteiger partial charge in [-0.15, -0.1) is 0 Å². The first-order valence-corrected chi connectivity index (χ1v) is 4.99. The monoisotopic (exact) mass is 182 g/mol. The van der Waals surface area contributed by atoms with E-state index in [2.05, 4.69) is 6.92 Å². The van der Waals surface area contributed by atoms with Gasteiger partial charge in [-0.05, 0) is 12.8 Å². The van der Waals surface area contributed by atoms with Gasteiger partial charge in [0.25, 0.3) is 0 Å². The Hall–Kier alpha value is 0.960. The standard InChI is InChI=1S/C10H22O.Na.H/c1-3-5-6-7-8-9-10(11)4-2;;/h10-11H,3-9H2,1-2H3;;. The number of unbranched alkanes of at least 4 members (excludes halogenated alkanes) is 4. The number of aliphatic hydroxyl groups is 1. The first kappa shape index (κ1) is 15.4. The second-order valence-corrected chi connectivity index (χ2v) is 3.26. The first-order chi connectivity index (χ1) is 5.31. The van der Waals surface area contributed by atoms with Gasteiger partial charge in [0.2, 0.25) is 0 Å². The molecule has 1 N–H and O–H groups in total. The summed E-state index contributed by atoms with van der Waals surface area (Å²) in [6, 6.07) is 0. The van der Waals surface area contributed by atoms with E-state index in [1.807, 2.05) is 6.92 Å². The first-order valence-electron chi connectivity index (χ1n) is 4.99. The Kier molecular flexibility index (Phi) is 15.4. The Balaban J connectivity index is 0. The molecule has 0 rings (SSSR count). The molecule has 1 nitrogen and oxygen atoms in total. The topological polar surface area (TPSA) is 20.2 Å². The van der Waals surface area contributed by atoms with Gasteiger partial charge in [-0.25, -0.2) is 0 Å². The van der Waals surface area contributed by atoms with Crippen LogP contribution in [-0.2, 0) is 0 Å². The molecule has 0 aliphatic carbocycles. The molecule has 0 fully saturated rings. The fourth-order valence-electron chi connectivity index (χ4n) is 1.19. The zero-order chi connectivity index (χ0) is 8.53. The van der Waals surface area contributed by atoms with Crippen molar-refractivity contribution in [3.63, 3.8) is 0 Å². The van der Waals surface area contributed by atoms with Crippen molar-refractivity contribution < 1.29 is 5.11 Å². The third-order valence-corrected chi connectivity index (χ3v) is 2.11. The zero-order valence-electron chi connectivity index (χ0n) is 7.97. The van der Waals surface area contributed by atoms with Gasteiger partial charge in [0.15, 0.2) is 0 Å². The van der Waals surface area contributed by atoms with Gasteiger partial charge in [-0.2, -0.15) is 0 Å². The van der Waals surface area contributed by atoms with E-state index in [1.165, 1.54) is 32.1 Å². The molecule has 0 radical (unpaired) electrons. The van der Waals surface area contributed by atoms with E-state index >= 15 is 0 Å². The van der Waals surface area contributed by atoms with Crippen molar-refractivity contribution >= 4 is 29.6 Å². The molecular formula is C10H23NaO. The second kappa shape index (κ2) is 12.0. The third-order valence-electron chi connectivity index (χ3n) is 2.11. The SMILES string of the molecule is CCCCCCCC(O)CC.[NaH]. The molecule has 0 spiro atoms. The summed E-state index contributed by atoms with van der Waals surface area (Å²) < 4.78 is 0. The molecule has 0 heterocycles. The second-order valence-electron chi connectivity index (χ2n) is 3.26. The molecule has 0 aromatic rings. The van der Waals surface area contributed by atoms with Crippen LogP contribution in [0, 0.1) is 0 Å². The number of hydrogen-bond donors (Lipinski definition) is 1. The van der Waals surface area contributed by atoms with Crippen LogP contribution < -0.4 is 0 Å². The molecule has 1 atom stereocenters. The summed E-state index contributed by atoms with van der Waals surface area (Å²) in [5.74, 6) is 0. The maximum atomic E-state index is 9.21. The van der Waals surface area contributed by atoms with Gasteiger partial charge in [-0.3, -0.25) is 0 Å². The molecule has 0 bridgehead atoms. The van der Waals surface area contributed by atoms with E-state index < -0.39 is 0 Å². The Bertz CT molecular complexity index is 76.2. The van der Waals surface area contributed by atoms with Gasteiger partial charge >= 0.3 is 29.6 Å². The third kappa shape index (κ3) is 11.0. The minimum absolute atomic E-state index is 0. The van der Waals surface area contributed by atoms with Crippen molar-refractivity contribution in [1.29, 1.82) is 0 Å². The van der Waals surface area contributed by atoms with Crippen molar-refractivity contribution in [2.24, 2.45) is 0 Å². The van der Waals surface area contributed by atoms with Crippen LogP contribution in [0.4, 0.5) is 0 Å². The number of aliphatic hydroxyl groups excluding tert-OH is 1. The molecule has 0 aromatic carbocycles. The van der Waals surface area contributed by atoms with Crippen molar-refractivity contribution in [2.75, 3.05) is 0 Å². The molecule has 0 saturated heterocycles. The van der Waals surface area contributed by atoms with Gasteiger partial charge < -0.3 is 5.11 Å². The molecule has 70 valence electrons. The molecular weight excluding hydrogens is 159 g/mol.